The average Bonchev–Trinajstić information content (AvgIpc) is 3.40. The van der Waals surface area contributed by atoms with Gasteiger partial charge in [0.05, 0.1) is 30.8 Å². The van der Waals surface area contributed by atoms with E-state index in [9.17, 15) is 8.42 Å². The van der Waals surface area contributed by atoms with Crippen molar-refractivity contribution in [1.82, 2.24) is 0 Å². The van der Waals surface area contributed by atoms with Crippen molar-refractivity contribution in [3.05, 3.63) is 83.9 Å². The fourth-order valence-corrected chi connectivity index (χ4v) is 7.08. The molecule has 1 fully saturated rings. The zero-order chi connectivity index (χ0) is 26.3. The summed E-state index contributed by atoms with van der Waals surface area (Å²) in [5, 5.41) is 3.70. The van der Waals surface area contributed by atoms with Crippen LogP contribution >= 0.6 is 11.8 Å². The van der Waals surface area contributed by atoms with Crippen molar-refractivity contribution in [2.75, 3.05) is 35.8 Å². The number of sulfonamides is 1. The van der Waals surface area contributed by atoms with E-state index in [4.69, 9.17) is 14.2 Å². The van der Waals surface area contributed by atoms with Crippen molar-refractivity contribution in [3.63, 3.8) is 0 Å². The van der Waals surface area contributed by atoms with Gasteiger partial charge in [0.1, 0.15) is 23.4 Å². The third kappa shape index (κ3) is 4.69. The molecule has 0 unspecified atom stereocenters. The lowest BCUT2D eigenvalue weighted by Gasteiger charge is -2.38. The first-order valence-corrected chi connectivity index (χ1v) is 15.3. The van der Waals surface area contributed by atoms with E-state index in [0.717, 1.165) is 34.9 Å². The molecule has 3 aromatic rings. The molecule has 2 N–H and O–H groups in total. The largest absolute Gasteiger partial charge is 0.497 e. The monoisotopic (exact) mass is 550 g/mol. The first-order valence-electron chi connectivity index (χ1n) is 12.6. The number of ether oxygens (including phenoxy) is 3. The van der Waals surface area contributed by atoms with Gasteiger partial charge in [0.25, 0.3) is 10.0 Å². The average molecular weight is 551 g/mol. The summed E-state index contributed by atoms with van der Waals surface area (Å²) in [4.78, 5) is 0.203. The van der Waals surface area contributed by atoms with Gasteiger partial charge in [-0.1, -0.05) is 24.3 Å². The summed E-state index contributed by atoms with van der Waals surface area (Å²) in [7, 11) is -0.833. The number of thioether (sulfide) groups is 1. The predicted octanol–water partition coefficient (Wildman–Crippen LogP) is 5.83. The second-order valence-corrected chi connectivity index (χ2v) is 12.5. The third-order valence-electron chi connectivity index (χ3n) is 7.42. The quantitative estimate of drug-likeness (QED) is 0.342. The Bertz CT molecular complexity index is 1490. The molecule has 1 aliphatic carbocycles. The van der Waals surface area contributed by atoms with Crippen LogP contribution in [0.15, 0.2) is 77.7 Å². The molecule has 3 atom stereocenters. The highest BCUT2D eigenvalue weighted by Gasteiger charge is 2.38. The Morgan fingerprint density at radius 1 is 0.974 bits per heavy atom. The maximum atomic E-state index is 13.4. The lowest BCUT2D eigenvalue weighted by molar-refractivity contribution is 0.240. The van der Waals surface area contributed by atoms with Crippen LogP contribution in [0, 0.1) is 5.92 Å². The number of hydrogen-bond acceptors (Lipinski definition) is 7. The van der Waals surface area contributed by atoms with Crippen molar-refractivity contribution >= 4 is 33.2 Å². The molecule has 0 saturated carbocycles. The molecule has 9 heteroatoms. The summed E-state index contributed by atoms with van der Waals surface area (Å²) < 4.78 is 46.3. The molecule has 2 heterocycles. The smallest absolute Gasteiger partial charge is 0.262 e. The van der Waals surface area contributed by atoms with Crippen molar-refractivity contribution in [2.45, 2.75) is 29.4 Å². The minimum Gasteiger partial charge on any atom is -0.497 e. The van der Waals surface area contributed by atoms with Gasteiger partial charge < -0.3 is 19.5 Å². The standard InChI is InChI=1S/C29H30N2O5S2/c1-34-19-9-12-28(35-2)27(14-19)31-38(32,33)22-10-11-26-25(15-22)23-7-4-8-24(23)29(30-26)18-5-3-6-20(13-18)36-21-16-37-17-21/h3-7,9-15,21,23-24,29-31H,8,16-17H2,1-2H3/t23-,24+,29+/m0/s1. The Labute approximate surface area is 227 Å². The van der Waals surface area contributed by atoms with E-state index in [2.05, 4.69) is 40.4 Å². The molecule has 3 aromatic carbocycles. The van der Waals surface area contributed by atoms with Gasteiger partial charge in [0, 0.05) is 29.2 Å². The van der Waals surface area contributed by atoms with Crippen molar-refractivity contribution < 1.29 is 22.6 Å². The molecule has 3 aliphatic rings. The van der Waals surface area contributed by atoms with Crippen molar-refractivity contribution in [1.29, 1.82) is 0 Å². The molecule has 0 bridgehead atoms. The number of anilines is 2. The number of nitrogens with one attached hydrogen (secondary N) is 2. The zero-order valence-electron chi connectivity index (χ0n) is 21.2. The minimum atomic E-state index is -3.87. The van der Waals surface area contributed by atoms with Gasteiger partial charge in [0.2, 0.25) is 0 Å². The van der Waals surface area contributed by atoms with E-state index in [-0.39, 0.29) is 22.8 Å². The first-order chi connectivity index (χ1) is 18.4. The number of benzene rings is 3. The van der Waals surface area contributed by atoms with E-state index in [1.807, 2.05) is 23.9 Å². The fraction of sp³-hybridized carbons (Fsp3) is 0.310. The summed E-state index contributed by atoms with van der Waals surface area (Å²) in [6, 6.07) is 18.8. The maximum absolute atomic E-state index is 13.4. The molecule has 38 heavy (non-hydrogen) atoms. The topological polar surface area (TPSA) is 85.9 Å². The number of fused-ring (bicyclic) bond motifs is 3. The van der Waals surface area contributed by atoms with Gasteiger partial charge in [0.15, 0.2) is 0 Å². The molecule has 0 amide bonds. The van der Waals surface area contributed by atoms with Crippen molar-refractivity contribution in [2.24, 2.45) is 5.92 Å². The van der Waals surface area contributed by atoms with Gasteiger partial charge in [-0.05, 0) is 65.9 Å². The molecule has 7 nitrogen and oxygen atoms in total. The number of methoxy groups -OCH3 is 2. The fourth-order valence-electron chi connectivity index (χ4n) is 5.42. The predicted molar refractivity (Wildman–Crippen MR) is 151 cm³/mol. The van der Waals surface area contributed by atoms with Crippen LogP contribution in [0.25, 0.3) is 0 Å². The van der Waals surface area contributed by atoms with Gasteiger partial charge >= 0.3 is 0 Å². The summed E-state index contributed by atoms with van der Waals surface area (Å²) in [6.07, 6.45) is 5.62. The number of hydrogen-bond donors (Lipinski definition) is 2. The molecule has 1 saturated heterocycles. The van der Waals surface area contributed by atoms with E-state index in [0.29, 0.717) is 23.3 Å². The van der Waals surface area contributed by atoms with E-state index in [1.54, 1.807) is 30.3 Å². The van der Waals surface area contributed by atoms with Crippen LogP contribution in [0.2, 0.25) is 0 Å². The molecular formula is C29H30N2O5S2. The first kappa shape index (κ1) is 25.0. The summed E-state index contributed by atoms with van der Waals surface area (Å²) in [5.41, 5.74) is 3.44. The molecule has 0 radical (unpaired) electrons. The van der Waals surface area contributed by atoms with Gasteiger partial charge in [-0.2, -0.15) is 11.8 Å². The molecule has 2 aliphatic heterocycles. The van der Waals surface area contributed by atoms with Crippen LogP contribution in [-0.2, 0) is 10.0 Å². The molecule has 6 rings (SSSR count). The van der Waals surface area contributed by atoms with Crippen LogP contribution in [-0.4, -0.2) is 40.2 Å². The Balaban J connectivity index is 1.29. The lowest BCUT2D eigenvalue weighted by Crippen LogP contribution is -2.31. The van der Waals surface area contributed by atoms with Gasteiger partial charge in [-0.25, -0.2) is 8.42 Å². The molecule has 198 valence electrons. The number of allylic oxidation sites excluding steroid dienone is 2. The Morgan fingerprint density at radius 3 is 2.61 bits per heavy atom. The molecular weight excluding hydrogens is 520 g/mol. The zero-order valence-corrected chi connectivity index (χ0v) is 22.8. The minimum absolute atomic E-state index is 0.100. The lowest BCUT2D eigenvalue weighted by atomic mass is 9.77. The third-order valence-corrected chi connectivity index (χ3v) is 10.0. The van der Waals surface area contributed by atoms with E-state index < -0.39 is 10.0 Å². The SMILES string of the molecule is COc1ccc(OC)c(NS(=O)(=O)c2ccc3c(c2)[C@H]2C=CC[C@H]2[C@@H](c2cccc(OC4CSC4)c2)N3)c1. The number of rotatable bonds is 8. The van der Waals surface area contributed by atoms with E-state index in [1.165, 1.54) is 19.8 Å². The van der Waals surface area contributed by atoms with Crippen LogP contribution in [0.3, 0.4) is 0 Å². The summed E-state index contributed by atoms with van der Waals surface area (Å²) in [6.45, 7) is 0. The highest BCUT2D eigenvalue weighted by atomic mass is 32.2. The molecule has 0 spiro atoms. The second kappa shape index (κ2) is 10.1. The van der Waals surface area contributed by atoms with Crippen LogP contribution in [0.4, 0.5) is 11.4 Å². The van der Waals surface area contributed by atoms with Gasteiger partial charge in [-0.3, -0.25) is 4.72 Å². The van der Waals surface area contributed by atoms with Crippen LogP contribution in [0.1, 0.15) is 29.5 Å². The summed E-state index contributed by atoms with van der Waals surface area (Å²) in [5.74, 6) is 4.33. The second-order valence-electron chi connectivity index (χ2n) is 9.75. The maximum Gasteiger partial charge on any atom is 0.262 e. The Hall–Kier alpha value is -3.30. The molecule has 0 aromatic heterocycles. The normalized spacial score (nSPS) is 22.0. The van der Waals surface area contributed by atoms with Gasteiger partial charge in [-0.15, -0.1) is 0 Å². The summed E-state index contributed by atoms with van der Waals surface area (Å²) >= 11 is 1.90. The highest BCUT2D eigenvalue weighted by molar-refractivity contribution is 8.00. The Kier molecular flexibility index (Phi) is 6.65. The van der Waals surface area contributed by atoms with Crippen molar-refractivity contribution in [3.8, 4) is 17.2 Å². The van der Waals surface area contributed by atoms with Crippen LogP contribution < -0.4 is 24.2 Å². The highest BCUT2D eigenvalue weighted by Crippen LogP contribution is 2.50. The Morgan fingerprint density at radius 2 is 1.84 bits per heavy atom. The van der Waals surface area contributed by atoms with Crippen LogP contribution in [0.5, 0.6) is 17.2 Å². The van der Waals surface area contributed by atoms with E-state index >= 15 is 0 Å².